The zero-order valence-electron chi connectivity index (χ0n) is 9.65. The second-order valence-electron chi connectivity index (χ2n) is 3.66. The van der Waals surface area contributed by atoms with Gasteiger partial charge in [0.2, 0.25) is 0 Å². The van der Waals surface area contributed by atoms with Crippen LogP contribution in [0.5, 0.6) is 0 Å². The SMILES string of the molecule is Cc1ccc(C(=N)N)c(Sc2ccoc2C)n1. The number of aromatic nitrogens is 1. The average molecular weight is 247 g/mol. The lowest BCUT2D eigenvalue weighted by molar-refractivity contribution is 0.527. The zero-order valence-corrected chi connectivity index (χ0v) is 10.5. The van der Waals surface area contributed by atoms with Gasteiger partial charge in [0.1, 0.15) is 16.6 Å². The Morgan fingerprint density at radius 1 is 1.35 bits per heavy atom. The van der Waals surface area contributed by atoms with Crippen LogP contribution in [-0.4, -0.2) is 10.8 Å². The van der Waals surface area contributed by atoms with E-state index < -0.39 is 0 Å². The molecular formula is C12H13N3OS. The molecule has 2 rings (SSSR count). The summed E-state index contributed by atoms with van der Waals surface area (Å²) < 4.78 is 5.23. The lowest BCUT2D eigenvalue weighted by Gasteiger charge is -2.07. The van der Waals surface area contributed by atoms with E-state index in [1.807, 2.05) is 32.0 Å². The van der Waals surface area contributed by atoms with Gasteiger partial charge in [-0.15, -0.1) is 0 Å². The molecule has 0 fully saturated rings. The van der Waals surface area contributed by atoms with Crippen LogP contribution in [-0.2, 0) is 0 Å². The van der Waals surface area contributed by atoms with Crippen molar-refractivity contribution in [3.63, 3.8) is 0 Å². The highest BCUT2D eigenvalue weighted by molar-refractivity contribution is 7.99. The first-order valence-corrected chi connectivity index (χ1v) is 5.93. The molecule has 0 spiro atoms. The molecule has 0 saturated heterocycles. The molecule has 2 aromatic heterocycles. The fourth-order valence-corrected chi connectivity index (χ4v) is 2.40. The zero-order chi connectivity index (χ0) is 12.4. The predicted octanol–water partition coefficient (Wildman–Crippen LogP) is 2.73. The minimum absolute atomic E-state index is 0.0288. The molecule has 0 saturated carbocycles. The summed E-state index contributed by atoms with van der Waals surface area (Å²) in [5.41, 5.74) is 7.09. The normalized spacial score (nSPS) is 10.5. The standard InChI is InChI=1S/C12H13N3OS/c1-7-3-4-9(11(13)14)12(15-7)17-10-5-6-16-8(10)2/h3-6H,1-2H3,(H3,13,14). The fraction of sp³-hybridized carbons (Fsp3) is 0.167. The first-order valence-electron chi connectivity index (χ1n) is 5.12. The third-order valence-corrected chi connectivity index (χ3v) is 3.46. The number of nitrogen functional groups attached to an aromatic ring is 1. The Labute approximate surface area is 104 Å². The summed E-state index contributed by atoms with van der Waals surface area (Å²) in [6.07, 6.45) is 1.64. The highest BCUT2D eigenvalue weighted by atomic mass is 32.2. The molecule has 17 heavy (non-hydrogen) atoms. The van der Waals surface area contributed by atoms with Crippen molar-refractivity contribution < 1.29 is 4.42 Å². The molecule has 0 amide bonds. The molecule has 0 aromatic carbocycles. The molecule has 0 aliphatic rings. The molecular weight excluding hydrogens is 234 g/mol. The molecule has 5 heteroatoms. The van der Waals surface area contributed by atoms with Gasteiger partial charge in [0.25, 0.3) is 0 Å². The monoisotopic (exact) mass is 247 g/mol. The third kappa shape index (κ3) is 2.50. The molecule has 4 nitrogen and oxygen atoms in total. The van der Waals surface area contributed by atoms with Gasteiger partial charge in [-0.1, -0.05) is 11.8 Å². The van der Waals surface area contributed by atoms with Crippen LogP contribution in [0.2, 0.25) is 0 Å². The largest absolute Gasteiger partial charge is 0.468 e. The summed E-state index contributed by atoms with van der Waals surface area (Å²) in [5.74, 6) is 0.869. The van der Waals surface area contributed by atoms with Gasteiger partial charge in [-0.05, 0) is 32.0 Å². The Morgan fingerprint density at radius 2 is 2.12 bits per heavy atom. The van der Waals surface area contributed by atoms with E-state index in [0.29, 0.717) is 5.56 Å². The maximum atomic E-state index is 7.53. The molecule has 0 radical (unpaired) electrons. The summed E-state index contributed by atoms with van der Waals surface area (Å²) in [5, 5.41) is 8.27. The smallest absolute Gasteiger partial charge is 0.125 e. The number of nitrogens with two attached hydrogens (primary N) is 1. The second-order valence-corrected chi connectivity index (χ2v) is 4.69. The number of furan rings is 1. The van der Waals surface area contributed by atoms with Gasteiger partial charge in [0.05, 0.1) is 11.2 Å². The molecule has 0 aliphatic heterocycles. The number of amidine groups is 1. The van der Waals surface area contributed by atoms with Gasteiger partial charge < -0.3 is 10.2 Å². The molecule has 0 bridgehead atoms. The molecule has 88 valence electrons. The topological polar surface area (TPSA) is 75.9 Å². The van der Waals surface area contributed by atoms with Crippen LogP contribution >= 0.6 is 11.8 Å². The Bertz CT molecular complexity index is 563. The van der Waals surface area contributed by atoms with Crippen molar-refractivity contribution in [3.05, 3.63) is 41.5 Å². The lowest BCUT2D eigenvalue weighted by Crippen LogP contribution is -2.13. The molecule has 3 N–H and O–H groups in total. The van der Waals surface area contributed by atoms with Crippen molar-refractivity contribution in [2.75, 3.05) is 0 Å². The van der Waals surface area contributed by atoms with Crippen LogP contribution in [0, 0.1) is 19.3 Å². The van der Waals surface area contributed by atoms with Crippen molar-refractivity contribution in [1.82, 2.24) is 4.98 Å². The summed E-state index contributed by atoms with van der Waals surface area (Å²) in [4.78, 5) is 5.40. The van der Waals surface area contributed by atoms with E-state index in [4.69, 9.17) is 15.6 Å². The highest BCUT2D eigenvalue weighted by Gasteiger charge is 2.11. The van der Waals surface area contributed by atoms with E-state index in [1.165, 1.54) is 11.8 Å². The van der Waals surface area contributed by atoms with Crippen LogP contribution in [0.25, 0.3) is 0 Å². The Morgan fingerprint density at radius 3 is 2.71 bits per heavy atom. The molecule has 2 heterocycles. The minimum Gasteiger partial charge on any atom is -0.468 e. The number of rotatable bonds is 3. The van der Waals surface area contributed by atoms with Crippen LogP contribution in [0.15, 0.2) is 38.8 Å². The Balaban J connectivity index is 2.41. The summed E-state index contributed by atoms with van der Waals surface area (Å²) in [7, 11) is 0. The number of hydrogen-bond donors (Lipinski definition) is 2. The number of nitrogens with one attached hydrogen (secondary N) is 1. The van der Waals surface area contributed by atoms with E-state index in [9.17, 15) is 0 Å². The van der Waals surface area contributed by atoms with Crippen molar-refractivity contribution >= 4 is 17.6 Å². The summed E-state index contributed by atoms with van der Waals surface area (Å²) in [6, 6.07) is 5.55. The summed E-state index contributed by atoms with van der Waals surface area (Å²) >= 11 is 1.46. The van der Waals surface area contributed by atoms with Gasteiger partial charge in [-0.3, -0.25) is 5.41 Å². The van der Waals surface area contributed by atoms with E-state index in [1.54, 1.807) is 6.26 Å². The molecule has 0 unspecified atom stereocenters. The van der Waals surface area contributed by atoms with Gasteiger partial charge in [0, 0.05) is 11.3 Å². The van der Waals surface area contributed by atoms with Gasteiger partial charge in [0.15, 0.2) is 0 Å². The maximum Gasteiger partial charge on any atom is 0.125 e. The van der Waals surface area contributed by atoms with Crippen molar-refractivity contribution in [2.24, 2.45) is 5.73 Å². The van der Waals surface area contributed by atoms with Crippen molar-refractivity contribution in [3.8, 4) is 0 Å². The first kappa shape index (κ1) is 11.7. The van der Waals surface area contributed by atoms with Crippen LogP contribution < -0.4 is 5.73 Å². The fourth-order valence-electron chi connectivity index (χ4n) is 1.40. The van der Waals surface area contributed by atoms with Crippen molar-refractivity contribution in [1.29, 1.82) is 5.41 Å². The molecule has 0 aliphatic carbocycles. The Hall–Kier alpha value is -1.75. The van der Waals surface area contributed by atoms with Gasteiger partial charge in [-0.2, -0.15) is 0 Å². The Kier molecular flexibility index (Phi) is 3.19. The molecule has 0 atom stereocenters. The minimum atomic E-state index is 0.0288. The average Bonchev–Trinajstić information content (AvgIpc) is 2.64. The maximum absolute atomic E-state index is 7.53. The van der Waals surface area contributed by atoms with Crippen LogP contribution in [0.3, 0.4) is 0 Å². The van der Waals surface area contributed by atoms with Crippen molar-refractivity contribution in [2.45, 2.75) is 23.8 Å². The number of aryl methyl sites for hydroxylation is 2. The van der Waals surface area contributed by atoms with E-state index in [0.717, 1.165) is 21.4 Å². The highest BCUT2D eigenvalue weighted by Crippen LogP contribution is 2.31. The van der Waals surface area contributed by atoms with E-state index in [2.05, 4.69) is 4.98 Å². The van der Waals surface area contributed by atoms with Gasteiger partial charge in [-0.25, -0.2) is 4.98 Å². The lowest BCUT2D eigenvalue weighted by atomic mass is 10.2. The predicted molar refractivity (Wildman–Crippen MR) is 67.6 cm³/mol. The van der Waals surface area contributed by atoms with E-state index in [-0.39, 0.29) is 5.84 Å². The van der Waals surface area contributed by atoms with Gasteiger partial charge >= 0.3 is 0 Å². The summed E-state index contributed by atoms with van der Waals surface area (Å²) in [6.45, 7) is 3.81. The first-order chi connectivity index (χ1) is 8.08. The third-order valence-electron chi connectivity index (χ3n) is 2.31. The van der Waals surface area contributed by atoms with Crippen LogP contribution in [0.4, 0.5) is 0 Å². The molecule has 2 aromatic rings. The second kappa shape index (κ2) is 4.63. The number of nitrogens with zero attached hydrogens (tertiary/aromatic N) is 1. The van der Waals surface area contributed by atoms with E-state index >= 15 is 0 Å². The quantitative estimate of drug-likeness (QED) is 0.646. The number of pyridine rings is 1. The van der Waals surface area contributed by atoms with Crippen LogP contribution in [0.1, 0.15) is 17.0 Å². The number of hydrogen-bond acceptors (Lipinski definition) is 4.